The molecule has 110 valence electrons. The fourth-order valence-electron chi connectivity index (χ4n) is 1.60. The molecule has 0 aliphatic carbocycles. The van der Waals surface area contributed by atoms with E-state index in [4.69, 9.17) is 4.74 Å². The summed E-state index contributed by atoms with van der Waals surface area (Å²) in [4.78, 5) is 1.12. The van der Waals surface area contributed by atoms with E-state index < -0.39 is 15.9 Å². The summed E-state index contributed by atoms with van der Waals surface area (Å²) in [7, 11) is -2.99. The first-order valence-corrected chi connectivity index (χ1v) is 9.00. The Balaban J connectivity index is 2.12. The molecule has 7 heteroatoms. The van der Waals surface area contributed by atoms with Crippen LogP contribution in [0.15, 0.2) is 17.5 Å². The van der Waals surface area contributed by atoms with Crippen molar-refractivity contribution in [2.24, 2.45) is 0 Å². The molecule has 0 aliphatic rings. The predicted octanol–water partition coefficient (Wildman–Crippen LogP) is 0.648. The van der Waals surface area contributed by atoms with Gasteiger partial charge in [0.1, 0.15) is 9.84 Å². The summed E-state index contributed by atoms with van der Waals surface area (Å²) < 4.78 is 27.5. The molecule has 1 aromatic rings. The molecule has 19 heavy (non-hydrogen) atoms. The van der Waals surface area contributed by atoms with Gasteiger partial charge in [0.05, 0.1) is 25.1 Å². The largest absolute Gasteiger partial charge is 0.389 e. The van der Waals surface area contributed by atoms with Crippen LogP contribution in [0.4, 0.5) is 0 Å². The topological polar surface area (TPSA) is 75.6 Å². The molecule has 0 amide bonds. The lowest BCUT2D eigenvalue weighted by Crippen LogP contribution is -2.39. The molecule has 2 atom stereocenters. The van der Waals surface area contributed by atoms with Crippen molar-refractivity contribution in [2.75, 3.05) is 25.2 Å². The Morgan fingerprint density at radius 1 is 1.53 bits per heavy atom. The van der Waals surface area contributed by atoms with E-state index in [0.717, 1.165) is 4.88 Å². The molecule has 0 bridgehead atoms. The molecule has 5 nitrogen and oxygen atoms in total. The van der Waals surface area contributed by atoms with Crippen molar-refractivity contribution in [1.29, 1.82) is 0 Å². The summed E-state index contributed by atoms with van der Waals surface area (Å²) in [6, 6.07) is 3.75. The van der Waals surface area contributed by atoms with Gasteiger partial charge in [-0.25, -0.2) is 8.42 Å². The lowest BCUT2D eigenvalue weighted by Gasteiger charge is -2.16. The van der Waals surface area contributed by atoms with Gasteiger partial charge in [-0.2, -0.15) is 0 Å². The molecular weight excluding hydrogens is 286 g/mol. The first kappa shape index (κ1) is 16.6. The number of ether oxygens (including phenoxy) is 1. The zero-order valence-electron chi connectivity index (χ0n) is 11.2. The minimum atomic E-state index is -2.99. The van der Waals surface area contributed by atoms with Gasteiger partial charge in [-0.05, 0) is 18.4 Å². The molecule has 0 fully saturated rings. The molecule has 1 heterocycles. The van der Waals surface area contributed by atoms with Crippen molar-refractivity contribution < 1.29 is 18.3 Å². The first-order chi connectivity index (χ1) is 8.87. The lowest BCUT2D eigenvalue weighted by atomic mass is 10.3. The zero-order chi connectivity index (χ0) is 14.3. The number of aliphatic hydroxyl groups excluding tert-OH is 1. The number of nitrogens with one attached hydrogen (secondary N) is 1. The van der Waals surface area contributed by atoms with E-state index >= 15 is 0 Å². The first-order valence-electron chi connectivity index (χ1n) is 6.06. The van der Waals surface area contributed by atoms with Crippen molar-refractivity contribution >= 4 is 21.2 Å². The average Bonchev–Trinajstić information content (AvgIpc) is 2.77. The molecule has 0 spiro atoms. The Hall–Kier alpha value is -0.470. The summed E-state index contributed by atoms with van der Waals surface area (Å²) in [5, 5.41) is 14.6. The van der Waals surface area contributed by atoms with Crippen LogP contribution in [0.25, 0.3) is 0 Å². The predicted molar refractivity (Wildman–Crippen MR) is 77.2 cm³/mol. The third kappa shape index (κ3) is 8.33. The van der Waals surface area contributed by atoms with E-state index in [0.29, 0.717) is 13.2 Å². The summed E-state index contributed by atoms with van der Waals surface area (Å²) in [5.41, 5.74) is 0. The van der Waals surface area contributed by atoms with Gasteiger partial charge in [0.2, 0.25) is 0 Å². The molecule has 0 radical (unpaired) electrons. The van der Waals surface area contributed by atoms with Crippen molar-refractivity contribution in [2.45, 2.75) is 25.7 Å². The molecular formula is C12H21NO4S2. The van der Waals surface area contributed by atoms with Gasteiger partial charge >= 0.3 is 0 Å². The molecule has 1 rings (SSSR count). The van der Waals surface area contributed by atoms with Crippen molar-refractivity contribution in [3.8, 4) is 0 Å². The molecule has 0 saturated heterocycles. The fourth-order valence-corrected chi connectivity index (χ4v) is 3.27. The highest BCUT2D eigenvalue weighted by Gasteiger charge is 2.12. The van der Waals surface area contributed by atoms with Gasteiger partial charge < -0.3 is 15.2 Å². The minimum Gasteiger partial charge on any atom is -0.389 e. The highest BCUT2D eigenvalue weighted by Crippen LogP contribution is 2.09. The summed E-state index contributed by atoms with van der Waals surface area (Å²) in [5.74, 6) is 0.0653. The second-order valence-corrected chi connectivity index (χ2v) is 7.87. The molecule has 0 aromatic carbocycles. The van der Waals surface area contributed by atoms with Gasteiger partial charge in [0.15, 0.2) is 0 Å². The van der Waals surface area contributed by atoms with Gasteiger partial charge in [0, 0.05) is 23.7 Å². The van der Waals surface area contributed by atoms with E-state index in [1.165, 1.54) is 6.26 Å². The van der Waals surface area contributed by atoms with Crippen LogP contribution in [0.1, 0.15) is 11.8 Å². The fraction of sp³-hybridized carbons (Fsp3) is 0.667. The van der Waals surface area contributed by atoms with Crippen molar-refractivity contribution in [3.63, 3.8) is 0 Å². The van der Waals surface area contributed by atoms with Crippen LogP contribution < -0.4 is 5.32 Å². The van der Waals surface area contributed by atoms with Crippen molar-refractivity contribution in [1.82, 2.24) is 5.32 Å². The number of hydrogen-bond donors (Lipinski definition) is 2. The molecule has 0 saturated carbocycles. The van der Waals surface area contributed by atoms with Crippen LogP contribution in [0.2, 0.25) is 0 Å². The number of rotatable bonds is 9. The molecule has 2 unspecified atom stereocenters. The van der Waals surface area contributed by atoms with Crippen LogP contribution in [-0.2, 0) is 21.2 Å². The van der Waals surface area contributed by atoms with Crippen molar-refractivity contribution in [3.05, 3.63) is 22.4 Å². The van der Waals surface area contributed by atoms with Gasteiger partial charge in [0.25, 0.3) is 0 Å². The maximum absolute atomic E-state index is 11.1. The SMILES string of the molecule is CC(CS(C)(=O)=O)NCC(O)COCc1cccs1. The highest BCUT2D eigenvalue weighted by atomic mass is 32.2. The van der Waals surface area contributed by atoms with Crippen LogP contribution in [0, 0.1) is 0 Å². The van der Waals surface area contributed by atoms with Crippen LogP contribution in [-0.4, -0.2) is 50.8 Å². The summed E-state index contributed by atoms with van der Waals surface area (Å²) in [6.45, 7) is 2.82. The Morgan fingerprint density at radius 2 is 2.26 bits per heavy atom. The summed E-state index contributed by atoms with van der Waals surface area (Å²) >= 11 is 1.61. The number of thiophene rings is 1. The third-order valence-corrected chi connectivity index (χ3v) is 4.34. The van der Waals surface area contributed by atoms with E-state index in [-0.39, 0.29) is 18.4 Å². The van der Waals surface area contributed by atoms with Crippen LogP contribution >= 0.6 is 11.3 Å². The smallest absolute Gasteiger partial charge is 0.148 e. The van der Waals surface area contributed by atoms with Crippen LogP contribution in [0.3, 0.4) is 0 Å². The Bertz CT molecular complexity index is 444. The van der Waals surface area contributed by atoms with E-state index in [9.17, 15) is 13.5 Å². The second-order valence-electron chi connectivity index (χ2n) is 4.65. The maximum Gasteiger partial charge on any atom is 0.148 e. The van der Waals surface area contributed by atoms with Gasteiger partial charge in [-0.1, -0.05) is 6.07 Å². The highest BCUT2D eigenvalue weighted by molar-refractivity contribution is 7.90. The van der Waals surface area contributed by atoms with E-state index in [1.807, 2.05) is 17.5 Å². The Labute approximate surface area is 118 Å². The Morgan fingerprint density at radius 3 is 2.84 bits per heavy atom. The lowest BCUT2D eigenvalue weighted by molar-refractivity contribution is 0.0291. The van der Waals surface area contributed by atoms with Gasteiger partial charge in [-0.3, -0.25) is 0 Å². The minimum absolute atomic E-state index is 0.0653. The standard InChI is InChI=1S/C12H21NO4S2/c1-10(9-19(2,15)16)13-6-11(14)7-17-8-12-4-3-5-18-12/h3-5,10-11,13-14H,6-9H2,1-2H3. The van der Waals surface area contributed by atoms with E-state index in [1.54, 1.807) is 18.3 Å². The number of hydrogen-bond acceptors (Lipinski definition) is 6. The van der Waals surface area contributed by atoms with E-state index in [2.05, 4.69) is 5.32 Å². The molecule has 1 aromatic heterocycles. The third-order valence-electron chi connectivity index (χ3n) is 2.39. The van der Waals surface area contributed by atoms with Gasteiger partial charge in [-0.15, -0.1) is 11.3 Å². The normalized spacial score (nSPS) is 15.3. The summed E-state index contributed by atoms with van der Waals surface area (Å²) in [6.07, 6.45) is 0.563. The molecule has 2 N–H and O–H groups in total. The quantitative estimate of drug-likeness (QED) is 0.700. The van der Waals surface area contributed by atoms with Crippen LogP contribution in [0.5, 0.6) is 0 Å². The number of aliphatic hydroxyl groups is 1. The average molecular weight is 307 g/mol. The zero-order valence-corrected chi connectivity index (χ0v) is 12.8. The molecule has 0 aliphatic heterocycles. The second kappa shape index (κ2) is 7.96. The monoisotopic (exact) mass is 307 g/mol. The number of sulfone groups is 1. The maximum atomic E-state index is 11.1. The Kier molecular flexibility index (Phi) is 6.95.